The average Bonchev–Trinajstić information content (AvgIpc) is 1.56. The monoisotopic (exact) mass is 2010 g/mol. The summed E-state index contributed by atoms with van der Waals surface area (Å²) in [4.78, 5) is 19.4. The maximum absolute atomic E-state index is 14.6. The third-order valence-electron chi connectivity index (χ3n) is 29.1. The molecule has 0 saturated carbocycles. The van der Waals surface area contributed by atoms with Crippen molar-refractivity contribution in [2.45, 2.75) is 223 Å². The van der Waals surface area contributed by atoms with E-state index in [-0.39, 0.29) is 49.9 Å². The molecule has 0 fully saturated rings. The fraction of sp³-hybridized carbons (Fsp3) is 0.281. The van der Waals surface area contributed by atoms with Crippen LogP contribution in [-0.2, 0) is 61.5 Å². The number of hydrogen-bond acceptors (Lipinski definition) is 8. The molecule has 0 spiro atoms. The zero-order valence-electron chi connectivity index (χ0n) is 88.7. The summed E-state index contributed by atoms with van der Waals surface area (Å²) in [7, 11) is -5.13. The number of fused-ring (bicyclic) bond motifs is 18. The van der Waals surface area contributed by atoms with Crippen molar-refractivity contribution < 1.29 is 18.2 Å². The molecule has 0 amide bonds. The first kappa shape index (κ1) is 99.1. The molecule has 8 aromatic heterocycles. The molecule has 22 aromatic rings. The van der Waals surface area contributed by atoms with Gasteiger partial charge in [0.25, 0.3) is 7.37 Å². The minimum atomic E-state index is -3.51. The first-order valence-electron chi connectivity index (χ1n) is 50.9. The van der Waals surface area contributed by atoms with Crippen LogP contribution in [0.1, 0.15) is 225 Å². The van der Waals surface area contributed by atoms with E-state index in [1.54, 1.807) is 30.7 Å². The van der Waals surface area contributed by atoms with Gasteiger partial charge in [-0.3, -0.25) is 13.7 Å². The number of halogens is 1. The Morgan fingerprint density at radius 1 is 0.262 bits per heavy atom. The molecule has 0 aliphatic heterocycles. The van der Waals surface area contributed by atoms with Gasteiger partial charge in [0.15, 0.2) is 11.6 Å². The highest BCUT2D eigenvalue weighted by Crippen LogP contribution is 2.49. The SMILES string of the molecule is CC(C)(C)c1ccc2c(c1)c1cc(C(C)(C)C)ccc1n2-c1ccc2c(c1)c1cc(-n3c4ccc(C(C)(C)C)cc4c4cc(C(C)(C)C)ccc43)ccc1n2-c1cnc(Br)cn1.CCOP(=O)(c1ccccc1)c1cnc(-n2c3ccc(-n4c5ccc(C(C)(C)C)cc5c5cc(C(C)(C)C)ccc54)cc3c3cc(-n4c5ccc(C(C)(C)C)cc5c5cc(C(C)(C)C)ccc54)ccc32)cn1.CCO[P+](=O)c1ccccc1. The van der Waals surface area contributed by atoms with E-state index in [0.29, 0.717) is 27.8 Å². The molecule has 0 radical (unpaired) electrons. The Kier molecular flexibility index (Phi) is 24.9. The quantitative estimate of drug-likeness (QED) is 0.104. The van der Waals surface area contributed by atoms with Gasteiger partial charge in [0.1, 0.15) is 16.6 Å². The van der Waals surface area contributed by atoms with Crippen molar-refractivity contribution in [2.75, 3.05) is 13.2 Å². The Labute approximate surface area is 861 Å². The summed E-state index contributed by atoms with van der Waals surface area (Å²) in [6.07, 6.45) is 7.00. The fourth-order valence-corrected chi connectivity index (χ4v) is 23.7. The molecule has 145 heavy (non-hydrogen) atoms. The lowest BCUT2D eigenvalue weighted by Crippen LogP contribution is -2.22. The number of hydrogen-bond donors (Lipinski definition) is 0. The number of benzene rings is 14. The second-order valence-electron chi connectivity index (χ2n) is 47.4. The van der Waals surface area contributed by atoms with Crippen molar-refractivity contribution in [1.29, 1.82) is 0 Å². The molecule has 0 saturated heterocycles. The van der Waals surface area contributed by atoms with Gasteiger partial charge >= 0.3 is 8.03 Å². The van der Waals surface area contributed by atoms with Gasteiger partial charge in [0.2, 0.25) is 5.30 Å². The number of rotatable bonds is 13. The molecule has 2 atom stereocenters. The van der Waals surface area contributed by atoms with Gasteiger partial charge in [0, 0.05) is 92.7 Å². The zero-order valence-corrected chi connectivity index (χ0v) is 92.0. The highest BCUT2D eigenvalue weighted by molar-refractivity contribution is 9.10. The molecule has 2 unspecified atom stereocenters. The Morgan fingerprint density at radius 3 is 0.710 bits per heavy atom. The molecule has 14 aromatic carbocycles. The van der Waals surface area contributed by atoms with Gasteiger partial charge in [0.05, 0.1) is 97.6 Å². The van der Waals surface area contributed by atoms with Crippen LogP contribution < -0.4 is 16.0 Å². The van der Waals surface area contributed by atoms with Gasteiger partial charge in [-0.2, -0.15) is 0 Å². The molecule has 14 nitrogen and oxygen atoms in total. The molecule has 734 valence electrons. The van der Waals surface area contributed by atoms with Gasteiger partial charge in [-0.05, 0) is 316 Å². The van der Waals surface area contributed by atoms with Crippen LogP contribution >= 0.6 is 31.3 Å². The molecular weight excluding hydrogens is 1880 g/mol. The number of aromatic nitrogens is 10. The molecule has 22 rings (SSSR count). The summed E-state index contributed by atoms with van der Waals surface area (Å²) in [5, 5.41) is 15.9. The minimum Gasteiger partial charge on any atom is -0.321 e. The largest absolute Gasteiger partial charge is 0.548 e. The van der Waals surface area contributed by atoms with Crippen LogP contribution in [0.2, 0.25) is 0 Å². The van der Waals surface area contributed by atoms with E-state index in [1.165, 1.54) is 132 Å². The predicted octanol–water partition coefficient (Wildman–Crippen LogP) is 34.0. The minimum absolute atomic E-state index is 0.00850. The van der Waals surface area contributed by atoms with Crippen LogP contribution in [0.4, 0.5) is 0 Å². The second kappa shape index (κ2) is 36.5. The van der Waals surface area contributed by atoms with Gasteiger partial charge < -0.3 is 22.8 Å². The summed E-state index contributed by atoms with van der Waals surface area (Å²) >= 11 is 3.52. The van der Waals surface area contributed by atoms with Crippen LogP contribution in [0, 0.1) is 0 Å². The lowest BCUT2D eigenvalue weighted by Gasteiger charge is -2.19. The van der Waals surface area contributed by atoms with Crippen molar-refractivity contribution in [2.24, 2.45) is 0 Å². The van der Waals surface area contributed by atoms with Crippen molar-refractivity contribution in [1.82, 2.24) is 47.3 Å². The van der Waals surface area contributed by atoms with Crippen molar-refractivity contribution in [3.05, 3.63) is 353 Å². The van der Waals surface area contributed by atoms with E-state index in [9.17, 15) is 9.13 Å². The zero-order chi connectivity index (χ0) is 103. The van der Waals surface area contributed by atoms with Crippen LogP contribution in [0.5, 0.6) is 0 Å². The fourth-order valence-electron chi connectivity index (χ4n) is 20.8. The van der Waals surface area contributed by atoms with E-state index in [4.69, 9.17) is 24.0 Å². The van der Waals surface area contributed by atoms with Gasteiger partial charge in [-0.25, -0.2) is 19.9 Å². The molecule has 0 N–H and O–H groups in total. The highest BCUT2D eigenvalue weighted by atomic mass is 79.9. The van der Waals surface area contributed by atoms with Crippen molar-refractivity contribution in [3.8, 4) is 34.4 Å². The maximum Gasteiger partial charge on any atom is 0.548 e. The van der Waals surface area contributed by atoms with Gasteiger partial charge in [-0.15, -0.1) is 4.52 Å². The molecule has 0 aliphatic carbocycles. The first-order valence-corrected chi connectivity index (χ1v) is 54.5. The summed E-state index contributed by atoms with van der Waals surface area (Å²) < 4.78 is 51.7. The Bertz CT molecular complexity index is 8270. The molecule has 17 heteroatoms. The second-order valence-corrected chi connectivity index (χ2v) is 51.9. The summed E-state index contributed by atoms with van der Waals surface area (Å²) in [6.45, 7) is 59.5. The molecule has 8 heterocycles. The van der Waals surface area contributed by atoms with Crippen LogP contribution in [-0.4, -0.2) is 60.6 Å². The lowest BCUT2D eigenvalue weighted by molar-refractivity contribution is 0.347. The van der Waals surface area contributed by atoms with Crippen molar-refractivity contribution >= 4 is 178 Å². The van der Waals surface area contributed by atoms with E-state index < -0.39 is 15.4 Å². The smallest absolute Gasteiger partial charge is 0.321 e. The third-order valence-corrected chi connectivity index (χ3v) is 33.2. The van der Waals surface area contributed by atoms with Crippen LogP contribution in [0.3, 0.4) is 0 Å². The summed E-state index contributed by atoms with van der Waals surface area (Å²) in [5.74, 6) is 1.40. The van der Waals surface area contributed by atoms with Crippen molar-refractivity contribution in [3.63, 3.8) is 0 Å². The Balaban J connectivity index is 0.000000161. The highest BCUT2D eigenvalue weighted by Gasteiger charge is 2.34. The maximum atomic E-state index is 14.6. The standard InChI is InChI=1S/C64H66N5O2P.C56H56BrN5.C8H10O2P/c1-14-71-72(70,46-18-16-15-17-19-46)60-39-65-59(38-66-60)69-57-30-24-44(67-53-26-20-40(61(2,3)4)32-47(53)48-33-41(62(5,6)7)21-27-54(48)67)36-51(57)52-37-45(25-31-58(52)69)68-55-28-22-42(63(8,9)10)34-49(55)50-35-43(64(11,12)13)23-29-56(50)68;1-53(2,3)33-13-19-45-39(25-33)40-26-34(54(4,5)6)14-20-46(40)60(45)37-17-23-49-43(29-37)44-30-38(18-24-50(44)62(49)52-32-58-51(57)31-59-52)61-47-21-15-35(55(7,8)9)27-41(47)42-28-36(56(10,11)12)16-22-48(42)61;1-2-10-11(9)8-6-4-3-5-7-8/h15-39H,14H2,1-13H3;13-32H,1-12H3;3-7H,2H2,1H3/q;;+1. The lowest BCUT2D eigenvalue weighted by atomic mass is 9.85. The topological polar surface area (TPSA) is 134 Å². The van der Waals surface area contributed by atoms with E-state index in [2.05, 4.69) is 433 Å². The van der Waals surface area contributed by atoms with E-state index in [1.807, 2.05) is 68.6 Å². The van der Waals surface area contributed by atoms with E-state index >= 15 is 0 Å². The third kappa shape index (κ3) is 18.1. The van der Waals surface area contributed by atoms with Crippen LogP contribution in [0.25, 0.3) is 165 Å². The summed E-state index contributed by atoms with van der Waals surface area (Å²) in [6, 6.07) is 102. The Hall–Kier alpha value is -13.2. The summed E-state index contributed by atoms with van der Waals surface area (Å²) in [5.41, 5.74) is 29.0. The Morgan fingerprint density at radius 2 is 0.490 bits per heavy atom. The van der Waals surface area contributed by atoms with E-state index in [0.717, 1.165) is 77.5 Å². The molecule has 0 bridgehead atoms. The first-order chi connectivity index (χ1) is 68.5. The molecular formula is C128H132BrN10O4P2+. The van der Waals surface area contributed by atoms with Crippen LogP contribution in [0.15, 0.2) is 308 Å². The average molecular weight is 2020 g/mol. The predicted molar refractivity (Wildman–Crippen MR) is 618 cm³/mol. The molecule has 0 aliphatic rings. The number of nitrogens with zero attached hydrogens (tertiary/aromatic N) is 10. The normalized spacial score (nSPS) is 13.4. The van der Waals surface area contributed by atoms with Gasteiger partial charge in [-0.1, -0.05) is 251 Å².